The zero-order chi connectivity index (χ0) is 13.9. The number of aliphatic hydroxyl groups is 1. The molecule has 1 N–H and O–H groups in total. The maximum atomic E-state index is 9.00. The van der Waals surface area contributed by atoms with Crippen LogP contribution in [0.4, 0.5) is 0 Å². The molecule has 3 rings (SSSR count). The van der Waals surface area contributed by atoms with Gasteiger partial charge < -0.3 is 5.11 Å². The lowest BCUT2D eigenvalue weighted by Crippen LogP contribution is -1.88. The SMILES string of the molecule is CSC1=C(SCCO)SC(=C2SC3=C(SCCS3)S2)S1. The Morgan fingerprint density at radius 1 is 0.900 bits per heavy atom. The Hall–Kier alpha value is 1.98. The maximum Gasteiger partial charge on any atom is 0.0717 e. The minimum Gasteiger partial charge on any atom is -0.396 e. The fraction of sp³-hybridized carbons (Fsp3) is 0.455. The molecule has 0 fully saturated rings. The lowest BCUT2D eigenvalue weighted by molar-refractivity contribution is 0.322. The molecule has 3 heterocycles. The third-order valence-corrected chi connectivity index (χ3v) is 14.0. The van der Waals surface area contributed by atoms with Crippen molar-refractivity contribution in [1.82, 2.24) is 0 Å². The van der Waals surface area contributed by atoms with Crippen molar-refractivity contribution < 1.29 is 5.11 Å². The molecular weight excluding hydrogens is 405 g/mol. The van der Waals surface area contributed by atoms with Gasteiger partial charge in [0.25, 0.3) is 0 Å². The molecule has 0 spiro atoms. The van der Waals surface area contributed by atoms with Gasteiger partial charge >= 0.3 is 0 Å². The van der Waals surface area contributed by atoms with E-state index in [4.69, 9.17) is 5.11 Å². The summed E-state index contributed by atoms with van der Waals surface area (Å²) in [6.45, 7) is 0.250. The fourth-order valence-corrected chi connectivity index (χ4v) is 13.0. The normalized spacial score (nSPS) is 23.1. The van der Waals surface area contributed by atoms with E-state index in [2.05, 4.69) is 6.26 Å². The number of hydrogen-bond acceptors (Lipinski definition) is 9. The van der Waals surface area contributed by atoms with Crippen LogP contribution in [0.25, 0.3) is 0 Å². The van der Waals surface area contributed by atoms with Gasteiger partial charge in [-0.25, -0.2) is 0 Å². The van der Waals surface area contributed by atoms with E-state index in [9.17, 15) is 0 Å². The van der Waals surface area contributed by atoms with Crippen LogP contribution in [-0.4, -0.2) is 35.2 Å². The van der Waals surface area contributed by atoms with Crippen molar-refractivity contribution in [2.45, 2.75) is 0 Å². The summed E-state index contributed by atoms with van der Waals surface area (Å²) in [4.78, 5) is 0. The smallest absolute Gasteiger partial charge is 0.0717 e. The van der Waals surface area contributed by atoms with Gasteiger partial charge in [0.05, 0.1) is 32.0 Å². The first-order chi connectivity index (χ1) is 9.81. The summed E-state index contributed by atoms with van der Waals surface area (Å²) in [7, 11) is 0. The van der Waals surface area contributed by atoms with E-state index in [0.29, 0.717) is 0 Å². The molecule has 3 aliphatic rings. The molecule has 0 amide bonds. The highest BCUT2D eigenvalue weighted by atomic mass is 32.3. The van der Waals surface area contributed by atoms with Crippen molar-refractivity contribution in [3.05, 3.63) is 25.4 Å². The second-order valence-electron chi connectivity index (χ2n) is 3.61. The zero-order valence-corrected chi connectivity index (χ0v) is 17.1. The van der Waals surface area contributed by atoms with Gasteiger partial charge in [0.1, 0.15) is 0 Å². The lowest BCUT2D eigenvalue weighted by atomic mass is 10.9. The highest BCUT2D eigenvalue weighted by molar-refractivity contribution is 8.45. The second kappa shape index (κ2) is 8.19. The van der Waals surface area contributed by atoms with Crippen molar-refractivity contribution >= 4 is 94.1 Å². The van der Waals surface area contributed by atoms with E-state index < -0.39 is 0 Å². The monoisotopic (exact) mass is 416 g/mol. The summed E-state index contributed by atoms with van der Waals surface area (Å²) >= 11 is 15.3. The standard InChI is InChI=1S/C11H12OS8/c1-13-6-7(14-3-2-12)18-10(17-6)11-19-8-9(20-11)16-5-4-15-8/h12H,2-5H2,1H3. The summed E-state index contributed by atoms with van der Waals surface area (Å²) in [6.07, 6.45) is 2.14. The van der Waals surface area contributed by atoms with Gasteiger partial charge in [0.2, 0.25) is 0 Å². The molecule has 3 aliphatic heterocycles. The summed E-state index contributed by atoms with van der Waals surface area (Å²) in [5.41, 5.74) is 0. The van der Waals surface area contributed by atoms with Crippen molar-refractivity contribution in [2.75, 3.05) is 30.1 Å². The molecule has 0 radical (unpaired) electrons. The Labute approximate surface area is 153 Å². The first kappa shape index (κ1) is 16.8. The first-order valence-corrected chi connectivity index (χ1v) is 13.2. The van der Waals surface area contributed by atoms with E-state index in [1.165, 1.54) is 36.9 Å². The number of hydrogen-bond donors (Lipinski definition) is 1. The van der Waals surface area contributed by atoms with Crippen molar-refractivity contribution in [1.29, 1.82) is 0 Å². The molecule has 0 atom stereocenters. The molecule has 0 bridgehead atoms. The Balaban J connectivity index is 1.70. The number of rotatable bonds is 4. The van der Waals surface area contributed by atoms with Gasteiger partial charge in [0, 0.05) is 17.3 Å². The third kappa shape index (κ3) is 3.90. The lowest BCUT2D eigenvalue weighted by Gasteiger charge is -2.08. The number of aliphatic hydroxyl groups excluding tert-OH is 1. The van der Waals surface area contributed by atoms with Crippen LogP contribution in [0.5, 0.6) is 0 Å². The molecule has 0 unspecified atom stereocenters. The molecule has 0 aromatic carbocycles. The van der Waals surface area contributed by atoms with Gasteiger partial charge in [0.15, 0.2) is 0 Å². The Kier molecular flexibility index (Phi) is 6.89. The van der Waals surface area contributed by atoms with Crippen LogP contribution >= 0.6 is 94.1 Å². The van der Waals surface area contributed by atoms with Crippen LogP contribution in [0, 0.1) is 0 Å². The zero-order valence-electron chi connectivity index (χ0n) is 10.5. The Morgan fingerprint density at radius 2 is 1.50 bits per heavy atom. The van der Waals surface area contributed by atoms with E-state index in [1.807, 2.05) is 82.3 Å². The van der Waals surface area contributed by atoms with Crippen LogP contribution < -0.4 is 0 Å². The van der Waals surface area contributed by atoms with Gasteiger partial charge in [-0.05, 0) is 6.26 Å². The summed E-state index contributed by atoms with van der Waals surface area (Å²) in [5, 5.41) is 9.00. The predicted molar refractivity (Wildman–Crippen MR) is 109 cm³/mol. The van der Waals surface area contributed by atoms with Crippen LogP contribution in [0.15, 0.2) is 25.4 Å². The molecule has 0 aromatic rings. The predicted octanol–water partition coefficient (Wildman–Crippen LogP) is 5.89. The molecule has 110 valence electrons. The highest BCUT2D eigenvalue weighted by Gasteiger charge is 2.31. The average Bonchev–Trinajstić information content (AvgIpc) is 3.08. The highest BCUT2D eigenvalue weighted by Crippen LogP contribution is 2.66. The third-order valence-electron chi connectivity index (χ3n) is 2.30. The Bertz CT molecular complexity index is 475. The van der Waals surface area contributed by atoms with Gasteiger partial charge in [-0.15, -0.1) is 47.0 Å². The Morgan fingerprint density at radius 3 is 2.10 bits per heavy atom. The van der Waals surface area contributed by atoms with Crippen LogP contribution in [0.1, 0.15) is 0 Å². The molecule has 1 nitrogen and oxygen atoms in total. The minimum absolute atomic E-state index is 0.250. The molecule has 0 saturated carbocycles. The fourth-order valence-electron chi connectivity index (χ4n) is 1.51. The maximum absolute atomic E-state index is 9.00. The van der Waals surface area contributed by atoms with Crippen LogP contribution in [0.2, 0.25) is 0 Å². The van der Waals surface area contributed by atoms with Crippen molar-refractivity contribution in [3.63, 3.8) is 0 Å². The summed E-state index contributed by atoms with van der Waals surface area (Å²) in [5.74, 6) is 3.27. The minimum atomic E-state index is 0.250. The largest absolute Gasteiger partial charge is 0.396 e. The first-order valence-electron chi connectivity index (χ1n) is 5.79. The van der Waals surface area contributed by atoms with E-state index >= 15 is 0 Å². The van der Waals surface area contributed by atoms with Crippen molar-refractivity contribution in [2.24, 2.45) is 0 Å². The molecule has 0 saturated heterocycles. The van der Waals surface area contributed by atoms with E-state index in [-0.39, 0.29) is 6.61 Å². The molecule has 0 aromatic heterocycles. The quantitative estimate of drug-likeness (QED) is 0.599. The molecular formula is C11H12OS8. The second-order valence-corrected chi connectivity index (χ2v) is 13.4. The molecule has 9 heteroatoms. The summed E-state index contributed by atoms with van der Waals surface area (Å²) in [6, 6.07) is 0. The molecule has 0 aliphatic carbocycles. The average molecular weight is 417 g/mol. The van der Waals surface area contributed by atoms with Gasteiger partial charge in [-0.1, -0.05) is 47.0 Å². The summed E-state index contributed by atoms with van der Waals surface area (Å²) < 4.78 is 8.67. The molecule has 20 heavy (non-hydrogen) atoms. The van der Waals surface area contributed by atoms with Gasteiger partial charge in [-0.3, -0.25) is 0 Å². The van der Waals surface area contributed by atoms with Crippen molar-refractivity contribution in [3.8, 4) is 0 Å². The van der Waals surface area contributed by atoms with E-state index in [1.54, 1.807) is 11.8 Å². The van der Waals surface area contributed by atoms with Crippen LogP contribution in [-0.2, 0) is 0 Å². The number of thioether (sulfide) groups is 8. The van der Waals surface area contributed by atoms with E-state index in [0.717, 1.165) is 5.75 Å². The van der Waals surface area contributed by atoms with Gasteiger partial charge in [-0.2, -0.15) is 0 Å². The topological polar surface area (TPSA) is 20.2 Å². The van der Waals surface area contributed by atoms with Crippen LogP contribution in [0.3, 0.4) is 0 Å².